The second kappa shape index (κ2) is 3.08. The largest absolute Gasteiger partial charge is 0.465 e. The van der Waals surface area contributed by atoms with Crippen LogP contribution in [0.2, 0.25) is 0 Å². The molecule has 1 heterocycles. The van der Waals surface area contributed by atoms with Gasteiger partial charge in [-0.3, -0.25) is 4.79 Å². The SMILES string of the molecule is CCC1CC2COC(=O)C(C1)C2. The van der Waals surface area contributed by atoms with E-state index < -0.39 is 0 Å². The molecule has 3 atom stereocenters. The van der Waals surface area contributed by atoms with Crippen LogP contribution in [-0.2, 0) is 9.53 Å². The summed E-state index contributed by atoms with van der Waals surface area (Å²) in [6, 6.07) is 0. The number of ether oxygens (including phenoxy) is 1. The van der Waals surface area contributed by atoms with E-state index in [0.717, 1.165) is 18.8 Å². The van der Waals surface area contributed by atoms with Crippen molar-refractivity contribution in [2.45, 2.75) is 32.6 Å². The first kappa shape index (κ1) is 8.09. The van der Waals surface area contributed by atoms with Crippen molar-refractivity contribution in [1.29, 1.82) is 0 Å². The lowest BCUT2D eigenvalue weighted by atomic mass is 9.73. The van der Waals surface area contributed by atoms with Crippen LogP contribution < -0.4 is 0 Å². The Morgan fingerprint density at radius 2 is 2.25 bits per heavy atom. The van der Waals surface area contributed by atoms with Gasteiger partial charge in [0.25, 0.3) is 0 Å². The zero-order valence-corrected chi connectivity index (χ0v) is 7.58. The average molecular weight is 168 g/mol. The molecule has 1 aliphatic carbocycles. The summed E-state index contributed by atoms with van der Waals surface area (Å²) in [5.74, 6) is 1.75. The summed E-state index contributed by atoms with van der Waals surface area (Å²) in [5, 5.41) is 0. The van der Waals surface area contributed by atoms with Crippen molar-refractivity contribution in [1.82, 2.24) is 0 Å². The highest BCUT2D eigenvalue weighted by molar-refractivity contribution is 5.73. The number of rotatable bonds is 1. The Morgan fingerprint density at radius 1 is 1.42 bits per heavy atom. The fourth-order valence-corrected chi connectivity index (χ4v) is 2.54. The Bertz CT molecular complexity index is 188. The van der Waals surface area contributed by atoms with Crippen LogP contribution in [0.3, 0.4) is 0 Å². The Hall–Kier alpha value is -0.530. The smallest absolute Gasteiger partial charge is 0.308 e. The molecule has 0 N–H and O–H groups in total. The number of carbonyl (C=O) groups excluding carboxylic acids is 1. The molecular formula is C10H16O2. The first-order valence-electron chi connectivity index (χ1n) is 4.96. The second-order valence-corrected chi connectivity index (χ2v) is 4.17. The van der Waals surface area contributed by atoms with Crippen molar-refractivity contribution in [3.63, 3.8) is 0 Å². The predicted molar refractivity (Wildman–Crippen MR) is 45.6 cm³/mol. The molecule has 2 bridgehead atoms. The van der Waals surface area contributed by atoms with Gasteiger partial charge in [0, 0.05) is 0 Å². The van der Waals surface area contributed by atoms with Gasteiger partial charge in [0.2, 0.25) is 0 Å². The predicted octanol–water partition coefficient (Wildman–Crippen LogP) is 1.99. The first-order chi connectivity index (χ1) is 5.79. The average Bonchev–Trinajstić information content (AvgIpc) is 2.12. The molecule has 0 amide bonds. The Morgan fingerprint density at radius 3 is 3.00 bits per heavy atom. The summed E-state index contributed by atoms with van der Waals surface area (Å²) in [5.41, 5.74) is 0. The van der Waals surface area contributed by atoms with Crippen LogP contribution in [-0.4, -0.2) is 12.6 Å². The molecule has 0 aromatic heterocycles. The molecule has 12 heavy (non-hydrogen) atoms. The fraction of sp³-hybridized carbons (Fsp3) is 0.900. The summed E-state index contributed by atoms with van der Waals surface area (Å²) in [7, 11) is 0. The number of carbonyl (C=O) groups is 1. The van der Waals surface area contributed by atoms with Gasteiger partial charge >= 0.3 is 5.97 Å². The molecule has 2 rings (SSSR count). The molecule has 2 fully saturated rings. The van der Waals surface area contributed by atoms with Gasteiger partial charge in [0.1, 0.15) is 0 Å². The summed E-state index contributed by atoms with van der Waals surface area (Å²) in [6.45, 7) is 2.91. The molecule has 0 aromatic carbocycles. The third-order valence-corrected chi connectivity index (χ3v) is 3.27. The molecule has 2 aliphatic rings. The van der Waals surface area contributed by atoms with Crippen molar-refractivity contribution in [2.24, 2.45) is 17.8 Å². The lowest BCUT2D eigenvalue weighted by Gasteiger charge is -2.37. The van der Waals surface area contributed by atoms with Gasteiger partial charge in [-0.1, -0.05) is 13.3 Å². The highest BCUT2D eigenvalue weighted by Crippen LogP contribution is 2.38. The number of hydrogen-bond donors (Lipinski definition) is 0. The summed E-state index contributed by atoms with van der Waals surface area (Å²) in [6.07, 6.45) is 4.67. The van der Waals surface area contributed by atoms with Crippen LogP contribution in [0.15, 0.2) is 0 Å². The molecular weight excluding hydrogens is 152 g/mol. The van der Waals surface area contributed by atoms with Crippen LogP contribution in [0, 0.1) is 17.8 Å². The van der Waals surface area contributed by atoms with Crippen LogP contribution in [0.5, 0.6) is 0 Å². The Kier molecular flexibility index (Phi) is 2.07. The van der Waals surface area contributed by atoms with Gasteiger partial charge < -0.3 is 4.74 Å². The highest BCUT2D eigenvalue weighted by atomic mass is 16.5. The maximum Gasteiger partial charge on any atom is 0.308 e. The van der Waals surface area contributed by atoms with Crippen molar-refractivity contribution >= 4 is 5.97 Å². The van der Waals surface area contributed by atoms with E-state index in [4.69, 9.17) is 4.74 Å². The number of fused-ring (bicyclic) bond motifs is 2. The Balaban J connectivity index is 2.03. The van der Waals surface area contributed by atoms with E-state index in [-0.39, 0.29) is 11.9 Å². The van der Waals surface area contributed by atoms with E-state index in [9.17, 15) is 4.79 Å². The second-order valence-electron chi connectivity index (χ2n) is 4.17. The van der Waals surface area contributed by atoms with E-state index in [1.807, 2.05) is 0 Å². The maximum atomic E-state index is 11.2. The highest BCUT2D eigenvalue weighted by Gasteiger charge is 2.37. The quantitative estimate of drug-likeness (QED) is 0.560. The third-order valence-electron chi connectivity index (χ3n) is 3.27. The first-order valence-corrected chi connectivity index (χ1v) is 4.96. The minimum atomic E-state index is 0.0596. The lowest BCUT2D eigenvalue weighted by Crippen LogP contribution is -2.37. The van der Waals surface area contributed by atoms with E-state index in [1.165, 1.54) is 12.8 Å². The van der Waals surface area contributed by atoms with E-state index in [0.29, 0.717) is 12.5 Å². The van der Waals surface area contributed by atoms with Gasteiger partial charge in [0.05, 0.1) is 12.5 Å². The van der Waals surface area contributed by atoms with Gasteiger partial charge in [-0.05, 0) is 31.1 Å². The molecule has 1 saturated heterocycles. The van der Waals surface area contributed by atoms with Crippen molar-refractivity contribution < 1.29 is 9.53 Å². The minimum absolute atomic E-state index is 0.0596. The normalized spacial score (nSPS) is 40.8. The molecule has 2 heteroatoms. The van der Waals surface area contributed by atoms with Crippen LogP contribution in [0.25, 0.3) is 0 Å². The molecule has 0 radical (unpaired) electrons. The zero-order valence-electron chi connectivity index (χ0n) is 7.58. The zero-order chi connectivity index (χ0) is 8.55. The molecule has 0 aromatic rings. The minimum Gasteiger partial charge on any atom is -0.465 e. The van der Waals surface area contributed by atoms with E-state index >= 15 is 0 Å². The molecule has 3 unspecified atom stereocenters. The summed E-state index contributed by atoms with van der Waals surface area (Å²) >= 11 is 0. The van der Waals surface area contributed by atoms with Gasteiger partial charge in [-0.2, -0.15) is 0 Å². The number of cyclic esters (lactones) is 1. The monoisotopic (exact) mass is 168 g/mol. The Labute approximate surface area is 73.3 Å². The maximum absolute atomic E-state index is 11.2. The molecule has 0 spiro atoms. The summed E-state index contributed by atoms with van der Waals surface area (Å²) < 4.78 is 5.10. The standard InChI is InChI=1S/C10H16O2/c1-2-7-3-8-5-9(4-7)10(11)12-6-8/h7-9H,2-6H2,1H3. The van der Waals surface area contributed by atoms with E-state index in [1.54, 1.807) is 0 Å². The molecule has 1 saturated carbocycles. The molecule has 1 aliphatic heterocycles. The lowest BCUT2D eigenvalue weighted by molar-refractivity contribution is -0.160. The van der Waals surface area contributed by atoms with E-state index in [2.05, 4.69) is 6.92 Å². The van der Waals surface area contributed by atoms with Gasteiger partial charge in [0.15, 0.2) is 0 Å². The van der Waals surface area contributed by atoms with Crippen molar-refractivity contribution in [2.75, 3.05) is 6.61 Å². The topological polar surface area (TPSA) is 26.3 Å². The fourth-order valence-electron chi connectivity index (χ4n) is 2.54. The van der Waals surface area contributed by atoms with Crippen LogP contribution in [0.1, 0.15) is 32.6 Å². The third kappa shape index (κ3) is 1.35. The number of hydrogen-bond acceptors (Lipinski definition) is 2. The van der Waals surface area contributed by atoms with Gasteiger partial charge in [-0.15, -0.1) is 0 Å². The van der Waals surface area contributed by atoms with Gasteiger partial charge in [-0.25, -0.2) is 0 Å². The number of esters is 1. The molecule has 68 valence electrons. The van der Waals surface area contributed by atoms with Crippen molar-refractivity contribution in [3.8, 4) is 0 Å². The molecule has 2 nitrogen and oxygen atoms in total. The van der Waals surface area contributed by atoms with Crippen molar-refractivity contribution in [3.05, 3.63) is 0 Å². The van der Waals surface area contributed by atoms with Crippen LogP contribution >= 0.6 is 0 Å². The van der Waals surface area contributed by atoms with Crippen LogP contribution in [0.4, 0.5) is 0 Å². The summed E-state index contributed by atoms with van der Waals surface area (Å²) in [4.78, 5) is 11.2.